The molecule has 28 heavy (non-hydrogen) atoms. The van der Waals surface area contributed by atoms with Crippen molar-refractivity contribution < 1.29 is 22.7 Å². The quantitative estimate of drug-likeness (QED) is 0.169. The molecule has 5 heteroatoms. The van der Waals surface area contributed by atoms with Crippen LogP contribution in [0.4, 0.5) is 13.2 Å². The van der Waals surface area contributed by atoms with Gasteiger partial charge >= 0.3 is 12.1 Å². The first-order valence-corrected chi connectivity index (χ1v) is 10.8. The molecule has 0 aromatic heterocycles. The Morgan fingerprint density at radius 2 is 1.18 bits per heavy atom. The summed E-state index contributed by atoms with van der Waals surface area (Å²) in [6, 6.07) is 4.22. The van der Waals surface area contributed by atoms with Crippen LogP contribution in [0.15, 0.2) is 24.3 Å². The summed E-state index contributed by atoms with van der Waals surface area (Å²) in [7, 11) is 0. The van der Waals surface area contributed by atoms with Crippen LogP contribution in [0.3, 0.4) is 0 Å². The van der Waals surface area contributed by atoms with Crippen molar-refractivity contribution in [2.24, 2.45) is 0 Å². The van der Waals surface area contributed by atoms with E-state index in [0.29, 0.717) is 6.42 Å². The molecular weight excluding hydrogens is 365 g/mol. The van der Waals surface area contributed by atoms with Gasteiger partial charge in [0.25, 0.3) is 0 Å². The number of halogens is 3. The minimum Gasteiger partial charge on any atom is -0.427 e. The van der Waals surface area contributed by atoms with Gasteiger partial charge < -0.3 is 4.74 Å². The number of carbonyl (C=O) groups excluding carboxylic acids is 1. The average Bonchev–Trinajstić information content (AvgIpc) is 2.65. The second kappa shape index (κ2) is 14.5. The minimum atomic E-state index is -4.38. The fourth-order valence-corrected chi connectivity index (χ4v) is 3.18. The Morgan fingerprint density at radius 1 is 0.750 bits per heavy atom. The molecule has 0 aliphatic carbocycles. The van der Waals surface area contributed by atoms with Gasteiger partial charge in [-0.05, 0) is 30.7 Å². The Balaban J connectivity index is 1.97. The van der Waals surface area contributed by atoms with Crippen molar-refractivity contribution in [3.63, 3.8) is 0 Å². The summed E-state index contributed by atoms with van der Waals surface area (Å²) in [6.07, 6.45) is 12.0. The van der Waals surface area contributed by atoms with E-state index in [1.807, 2.05) is 0 Å². The van der Waals surface area contributed by atoms with Gasteiger partial charge in [-0.2, -0.15) is 13.2 Å². The number of rotatable bonds is 15. The first-order chi connectivity index (χ1) is 13.4. The largest absolute Gasteiger partial charge is 0.427 e. The third-order valence-electron chi connectivity index (χ3n) is 4.90. The summed E-state index contributed by atoms with van der Waals surface area (Å²) < 4.78 is 42.5. The predicted octanol–water partition coefficient (Wildman–Crippen LogP) is 8.09. The van der Waals surface area contributed by atoms with E-state index >= 15 is 0 Å². The van der Waals surface area contributed by atoms with Gasteiger partial charge in [0, 0.05) is 6.42 Å². The summed E-state index contributed by atoms with van der Waals surface area (Å²) >= 11 is 0. The second-order valence-corrected chi connectivity index (χ2v) is 7.49. The maximum absolute atomic E-state index is 12.5. The van der Waals surface area contributed by atoms with Crippen molar-refractivity contribution in [3.8, 4) is 5.75 Å². The summed E-state index contributed by atoms with van der Waals surface area (Å²) in [5.74, 6) is -0.226. The Hall–Kier alpha value is -1.52. The summed E-state index contributed by atoms with van der Waals surface area (Å²) in [4.78, 5) is 11.8. The Kier molecular flexibility index (Phi) is 12.7. The molecule has 1 aromatic carbocycles. The van der Waals surface area contributed by atoms with E-state index < -0.39 is 11.7 Å². The van der Waals surface area contributed by atoms with Gasteiger partial charge in [0.1, 0.15) is 5.75 Å². The molecule has 0 heterocycles. The number of hydrogen-bond acceptors (Lipinski definition) is 2. The van der Waals surface area contributed by atoms with Crippen molar-refractivity contribution in [3.05, 3.63) is 29.8 Å². The van der Waals surface area contributed by atoms with Crippen molar-refractivity contribution in [2.45, 2.75) is 103 Å². The second-order valence-electron chi connectivity index (χ2n) is 7.49. The lowest BCUT2D eigenvalue weighted by atomic mass is 10.0. The molecule has 0 N–H and O–H groups in total. The van der Waals surface area contributed by atoms with Crippen molar-refractivity contribution in [1.82, 2.24) is 0 Å². The fourth-order valence-electron chi connectivity index (χ4n) is 3.18. The number of esters is 1. The van der Waals surface area contributed by atoms with Crippen molar-refractivity contribution >= 4 is 5.97 Å². The van der Waals surface area contributed by atoms with Crippen LogP contribution in [0.1, 0.15) is 102 Å². The van der Waals surface area contributed by atoms with Crippen molar-refractivity contribution in [2.75, 3.05) is 0 Å². The number of hydrogen-bond donors (Lipinski definition) is 0. The minimum absolute atomic E-state index is 0.160. The van der Waals surface area contributed by atoms with Gasteiger partial charge in [-0.15, -0.1) is 0 Å². The molecular formula is C23H35F3O2. The fraction of sp³-hybridized carbons (Fsp3) is 0.696. The smallest absolute Gasteiger partial charge is 0.416 e. The molecule has 0 aliphatic heterocycles. The molecule has 0 fully saturated rings. The maximum atomic E-state index is 12.5. The van der Waals surface area contributed by atoms with Gasteiger partial charge in [-0.25, -0.2) is 0 Å². The Bertz CT molecular complexity index is 524. The lowest BCUT2D eigenvalue weighted by molar-refractivity contribution is -0.137. The lowest BCUT2D eigenvalue weighted by Crippen LogP contribution is -2.08. The van der Waals surface area contributed by atoms with Crippen LogP contribution in [-0.2, 0) is 11.0 Å². The first kappa shape index (κ1) is 24.5. The zero-order chi connectivity index (χ0) is 20.7. The summed E-state index contributed by atoms with van der Waals surface area (Å²) in [5, 5.41) is 0. The number of benzene rings is 1. The zero-order valence-corrected chi connectivity index (χ0v) is 17.2. The highest BCUT2D eigenvalue weighted by atomic mass is 19.4. The van der Waals surface area contributed by atoms with Crippen LogP contribution in [0, 0.1) is 0 Å². The van der Waals surface area contributed by atoms with Crippen LogP contribution >= 0.6 is 0 Å². The lowest BCUT2D eigenvalue weighted by Gasteiger charge is -2.08. The van der Waals surface area contributed by atoms with E-state index in [4.69, 9.17) is 4.74 Å². The van der Waals surface area contributed by atoms with Gasteiger partial charge in [0.2, 0.25) is 0 Å². The molecule has 0 amide bonds. The van der Waals surface area contributed by atoms with E-state index in [9.17, 15) is 18.0 Å². The molecule has 160 valence electrons. The maximum Gasteiger partial charge on any atom is 0.416 e. The van der Waals surface area contributed by atoms with Crippen LogP contribution in [0.25, 0.3) is 0 Å². The molecule has 0 radical (unpaired) electrons. The molecule has 0 aliphatic rings. The third-order valence-corrected chi connectivity index (χ3v) is 4.90. The van der Waals surface area contributed by atoms with Gasteiger partial charge in [-0.3, -0.25) is 4.79 Å². The molecule has 2 nitrogen and oxygen atoms in total. The normalized spacial score (nSPS) is 11.6. The average molecular weight is 401 g/mol. The standard InChI is InChI=1S/C23H35F3O2/c1-2-3-4-5-6-7-8-9-10-11-12-13-14-15-22(27)28-21-18-16-20(17-19-21)23(24,25)26/h16-19H,2-15H2,1H3. The molecule has 1 rings (SSSR count). The third kappa shape index (κ3) is 12.0. The predicted molar refractivity (Wildman–Crippen MR) is 107 cm³/mol. The van der Waals surface area contributed by atoms with E-state index in [1.54, 1.807) is 0 Å². The van der Waals surface area contributed by atoms with E-state index in [0.717, 1.165) is 31.4 Å². The highest BCUT2D eigenvalue weighted by Gasteiger charge is 2.30. The zero-order valence-electron chi connectivity index (χ0n) is 17.2. The van der Waals surface area contributed by atoms with Gasteiger partial charge in [0.15, 0.2) is 0 Å². The van der Waals surface area contributed by atoms with Crippen LogP contribution in [0.5, 0.6) is 5.75 Å². The van der Waals surface area contributed by atoms with Crippen molar-refractivity contribution in [1.29, 1.82) is 0 Å². The molecule has 0 atom stereocenters. The number of carbonyl (C=O) groups is 1. The highest BCUT2D eigenvalue weighted by molar-refractivity contribution is 5.72. The topological polar surface area (TPSA) is 26.3 Å². The number of ether oxygens (including phenoxy) is 1. The van der Waals surface area contributed by atoms with E-state index in [-0.39, 0.29) is 11.7 Å². The van der Waals surface area contributed by atoms with Crippen LogP contribution < -0.4 is 4.74 Å². The summed E-state index contributed by atoms with van der Waals surface area (Å²) in [6.45, 7) is 2.24. The van der Waals surface area contributed by atoms with E-state index in [1.165, 1.54) is 76.3 Å². The van der Waals surface area contributed by atoms with Gasteiger partial charge in [0.05, 0.1) is 5.56 Å². The molecule has 1 aromatic rings. The van der Waals surface area contributed by atoms with Gasteiger partial charge in [-0.1, -0.05) is 84.0 Å². The molecule has 0 bridgehead atoms. The molecule has 0 saturated carbocycles. The Labute approximate surface area is 167 Å². The summed E-state index contributed by atoms with van der Waals surface area (Å²) in [5.41, 5.74) is -0.746. The highest BCUT2D eigenvalue weighted by Crippen LogP contribution is 2.30. The SMILES string of the molecule is CCCCCCCCCCCCCCCC(=O)Oc1ccc(C(F)(F)F)cc1. The monoisotopic (exact) mass is 400 g/mol. The van der Waals surface area contributed by atoms with Crippen LogP contribution in [0.2, 0.25) is 0 Å². The number of unbranched alkanes of at least 4 members (excludes halogenated alkanes) is 12. The Morgan fingerprint density at radius 3 is 1.61 bits per heavy atom. The van der Waals surface area contributed by atoms with E-state index in [2.05, 4.69) is 6.92 Å². The molecule has 0 spiro atoms. The molecule has 0 saturated heterocycles. The number of alkyl halides is 3. The molecule has 0 unspecified atom stereocenters. The van der Waals surface area contributed by atoms with Crippen LogP contribution in [-0.4, -0.2) is 5.97 Å². The first-order valence-electron chi connectivity index (χ1n) is 10.8.